The lowest BCUT2D eigenvalue weighted by molar-refractivity contribution is -0.174. The number of amides is 1. The van der Waals surface area contributed by atoms with E-state index in [-0.39, 0.29) is 22.7 Å². The Kier molecular flexibility index (Phi) is 7.00. The third-order valence-corrected chi connectivity index (χ3v) is 11.1. The van der Waals surface area contributed by atoms with Gasteiger partial charge in [-0.1, -0.05) is 11.3 Å². The normalized spacial score (nSPS) is 20.9. The van der Waals surface area contributed by atoms with Gasteiger partial charge in [-0.05, 0) is 49.2 Å². The monoisotopic (exact) mass is 658 g/mol. The fraction of sp³-hybridized carbons (Fsp3) is 0.412. The molecule has 47 heavy (non-hydrogen) atoms. The van der Waals surface area contributed by atoms with Crippen molar-refractivity contribution in [3.63, 3.8) is 0 Å². The number of carbonyl (C=O) groups is 1. The Labute approximate surface area is 273 Å². The molecule has 3 aliphatic heterocycles. The van der Waals surface area contributed by atoms with E-state index < -0.39 is 17.5 Å². The Morgan fingerprint density at radius 1 is 1.13 bits per heavy atom. The minimum absolute atomic E-state index is 0.103. The Morgan fingerprint density at radius 2 is 1.85 bits per heavy atom. The predicted octanol–water partition coefficient (Wildman–Crippen LogP) is 4.45. The van der Waals surface area contributed by atoms with Gasteiger partial charge in [0.05, 0.1) is 17.5 Å². The molecular formula is C34H32F2N6O4S. The molecule has 4 aromatic rings. The number of aromatic nitrogens is 2. The molecular weight excluding hydrogens is 626 g/mol. The number of ether oxygens (including phenoxy) is 1. The van der Waals surface area contributed by atoms with E-state index in [0.29, 0.717) is 109 Å². The molecule has 2 N–H and O–H groups in total. The summed E-state index contributed by atoms with van der Waals surface area (Å²) in [6.45, 7) is 3.12. The Bertz CT molecular complexity index is 1960. The standard InChI is InChI=1S/C34H32F2N6O4S/c1-40(32-39-27(26(14-37)47-32)19-2-4-20(35)5-3-19)30-22-6-7-25(43)29(22)38-28-23(30)12-21(13-24(28)36)41-15-33(16-41)17-42(18-33)31(44)34(45)8-10-46-11-9-34/h2-5,12-13,25,43,45H,6-11,15-18H2,1H3/t25-/m0/s1. The number of benzene rings is 2. The maximum atomic E-state index is 15.9. The highest BCUT2D eigenvalue weighted by atomic mass is 32.1. The molecule has 10 nitrogen and oxygen atoms in total. The maximum absolute atomic E-state index is 15.9. The van der Waals surface area contributed by atoms with Crippen molar-refractivity contribution in [2.24, 2.45) is 5.41 Å². The average molecular weight is 659 g/mol. The van der Waals surface area contributed by atoms with Crippen LogP contribution in [0.5, 0.6) is 0 Å². The first kappa shape index (κ1) is 30.1. The largest absolute Gasteiger partial charge is 0.387 e. The molecule has 1 aliphatic carbocycles. The van der Waals surface area contributed by atoms with Gasteiger partial charge >= 0.3 is 0 Å². The second kappa shape index (κ2) is 10.9. The van der Waals surface area contributed by atoms with Crippen LogP contribution in [0.3, 0.4) is 0 Å². The number of halogens is 2. The third-order valence-electron chi connectivity index (χ3n) is 10.0. The van der Waals surface area contributed by atoms with Crippen molar-refractivity contribution < 1.29 is 28.5 Å². The van der Waals surface area contributed by atoms with Gasteiger partial charge in [0.15, 0.2) is 10.9 Å². The third kappa shape index (κ3) is 4.85. The average Bonchev–Trinajstić information content (AvgIpc) is 3.63. The van der Waals surface area contributed by atoms with E-state index in [4.69, 9.17) is 9.72 Å². The highest BCUT2D eigenvalue weighted by molar-refractivity contribution is 7.16. The Hall–Kier alpha value is -4.22. The van der Waals surface area contributed by atoms with Crippen molar-refractivity contribution in [1.82, 2.24) is 14.9 Å². The van der Waals surface area contributed by atoms with Crippen molar-refractivity contribution in [2.75, 3.05) is 56.2 Å². The van der Waals surface area contributed by atoms with Gasteiger partial charge in [0.2, 0.25) is 0 Å². The van der Waals surface area contributed by atoms with Crippen LogP contribution in [0.2, 0.25) is 0 Å². The molecule has 2 aromatic carbocycles. The van der Waals surface area contributed by atoms with Crippen LogP contribution in [0.1, 0.15) is 41.5 Å². The highest BCUT2D eigenvalue weighted by Crippen LogP contribution is 2.48. The molecule has 3 saturated heterocycles. The predicted molar refractivity (Wildman–Crippen MR) is 171 cm³/mol. The lowest BCUT2D eigenvalue weighted by Crippen LogP contribution is -2.75. The van der Waals surface area contributed by atoms with Crippen LogP contribution in [-0.2, 0) is 16.0 Å². The molecule has 242 valence electrons. The number of nitriles is 1. The lowest BCUT2D eigenvalue weighted by Gasteiger charge is -2.61. The molecule has 5 heterocycles. The van der Waals surface area contributed by atoms with E-state index in [1.807, 2.05) is 18.0 Å². The van der Waals surface area contributed by atoms with Crippen LogP contribution in [0.15, 0.2) is 36.4 Å². The van der Waals surface area contributed by atoms with Crippen molar-refractivity contribution >= 4 is 44.7 Å². The number of anilines is 3. The number of hydrogen-bond acceptors (Lipinski definition) is 10. The number of thiazole rings is 1. The van der Waals surface area contributed by atoms with Gasteiger partial charge in [0.25, 0.3) is 5.91 Å². The van der Waals surface area contributed by atoms with E-state index >= 15 is 4.39 Å². The first-order valence-electron chi connectivity index (χ1n) is 15.7. The van der Waals surface area contributed by atoms with Crippen LogP contribution in [0.25, 0.3) is 22.2 Å². The van der Waals surface area contributed by atoms with Gasteiger partial charge in [-0.3, -0.25) is 4.79 Å². The van der Waals surface area contributed by atoms with E-state index in [1.165, 1.54) is 29.5 Å². The quantitative estimate of drug-likeness (QED) is 0.320. The number of hydrogen-bond donors (Lipinski definition) is 2. The molecule has 1 amide bonds. The molecule has 1 atom stereocenters. The number of pyridine rings is 1. The van der Waals surface area contributed by atoms with Gasteiger partial charge in [-0.2, -0.15) is 5.26 Å². The lowest BCUT2D eigenvalue weighted by atomic mass is 9.71. The number of aliphatic hydroxyl groups excluding tert-OH is 1. The van der Waals surface area contributed by atoms with Gasteiger partial charge in [0, 0.05) is 86.9 Å². The van der Waals surface area contributed by atoms with E-state index in [9.17, 15) is 24.7 Å². The number of nitrogens with zero attached hydrogens (tertiary/aromatic N) is 6. The Balaban J connectivity index is 1.11. The zero-order chi connectivity index (χ0) is 32.7. The first-order valence-corrected chi connectivity index (χ1v) is 16.5. The Morgan fingerprint density at radius 3 is 2.55 bits per heavy atom. The highest BCUT2D eigenvalue weighted by Gasteiger charge is 2.56. The number of aliphatic hydroxyl groups is 2. The van der Waals surface area contributed by atoms with Crippen LogP contribution in [-0.4, -0.2) is 83.0 Å². The molecule has 8 rings (SSSR count). The number of likely N-dealkylation sites (tertiary alicyclic amines) is 1. The zero-order valence-corrected chi connectivity index (χ0v) is 26.5. The van der Waals surface area contributed by atoms with Crippen molar-refractivity contribution in [1.29, 1.82) is 5.26 Å². The van der Waals surface area contributed by atoms with E-state index in [0.717, 1.165) is 5.56 Å². The van der Waals surface area contributed by atoms with Crippen molar-refractivity contribution in [3.8, 4) is 17.3 Å². The first-order chi connectivity index (χ1) is 22.6. The van der Waals surface area contributed by atoms with Gasteiger partial charge in [-0.25, -0.2) is 18.7 Å². The fourth-order valence-corrected chi connectivity index (χ4v) is 8.41. The minimum atomic E-state index is -1.36. The second-order valence-corrected chi connectivity index (χ2v) is 14.2. The van der Waals surface area contributed by atoms with E-state index in [2.05, 4.69) is 16.0 Å². The minimum Gasteiger partial charge on any atom is -0.387 e. The van der Waals surface area contributed by atoms with Gasteiger partial charge < -0.3 is 29.6 Å². The molecule has 0 radical (unpaired) electrons. The molecule has 3 fully saturated rings. The number of rotatable bonds is 5. The zero-order valence-electron chi connectivity index (χ0n) is 25.7. The molecule has 0 saturated carbocycles. The molecule has 0 unspecified atom stereocenters. The molecule has 2 aromatic heterocycles. The number of carbonyl (C=O) groups excluding carboxylic acids is 1. The van der Waals surface area contributed by atoms with Crippen molar-refractivity contribution in [2.45, 2.75) is 37.4 Å². The molecule has 13 heteroatoms. The summed E-state index contributed by atoms with van der Waals surface area (Å²) in [6.07, 6.45) is 0.787. The summed E-state index contributed by atoms with van der Waals surface area (Å²) in [5.74, 6) is -1.13. The molecule has 4 aliphatic rings. The topological polar surface area (TPSA) is 126 Å². The van der Waals surface area contributed by atoms with Gasteiger partial charge in [0.1, 0.15) is 33.6 Å². The van der Waals surface area contributed by atoms with Crippen LogP contribution < -0.4 is 9.80 Å². The molecule has 0 bridgehead atoms. The fourth-order valence-electron chi connectivity index (χ4n) is 7.55. The summed E-state index contributed by atoms with van der Waals surface area (Å²) >= 11 is 1.19. The van der Waals surface area contributed by atoms with E-state index in [1.54, 1.807) is 17.0 Å². The van der Waals surface area contributed by atoms with Crippen LogP contribution in [0.4, 0.5) is 25.3 Å². The summed E-state index contributed by atoms with van der Waals surface area (Å²) in [6, 6.07) is 11.4. The summed E-state index contributed by atoms with van der Waals surface area (Å²) in [5, 5.41) is 32.6. The summed E-state index contributed by atoms with van der Waals surface area (Å²) in [4.78, 5) is 28.4. The smallest absolute Gasteiger partial charge is 0.254 e. The van der Waals surface area contributed by atoms with Gasteiger partial charge in [-0.15, -0.1) is 0 Å². The van der Waals surface area contributed by atoms with Crippen molar-refractivity contribution in [3.05, 3.63) is 64.2 Å². The SMILES string of the molecule is CN(c1nc(-c2ccc(F)cc2)c(C#N)s1)c1c2c(nc3c(F)cc(N4CC5(CN(C(=O)C6(O)CCOCC6)C5)C4)cc13)[C@@H](O)CC2. The maximum Gasteiger partial charge on any atom is 0.254 e. The second-order valence-electron chi connectivity index (χ2n) is 13.2. The summed E-state index contributed by atoms with van der Waals surface area (Å²) < 4.78 is 34.9. The summed E-state index contributed by atoms with van der Waals surface area (Å²) in [5.41, 5.74) is 2.33. The van der Waals surface area contributed by atoms with Crippen LogP contribution >= 0.6 is 11.3 Å². The summed E-state index contributed by atoms with van der Waals surface area (Å²) in [7, 11) is 1.81. The number of fused-ring (bicyclic) bond motifs is 2. The van der Waals surface area contributed by atoms with Crippen LogP contribution in [0, 0.1) is 28.4 Å². The molecule has 1 spiro atoms.